The van der Waals surface area contributed by atoms with Gasteiger partial charge in [-0.15, -0.1) is 0 Å². The summed E-state index contributed by atoms with van der Waals surface area (Å²) in [5, 5.41) is 9.61. The van der Waals surface area contributed by atoms with Crippen molar-refractivity contribution in [2.45, 2.75) is 32.7 Å². The Morgan fingerprint density at radius 2 is 2.00 bits per heavy atom. The van der Waals surface area contributed by atoms with E-state index in [9.17, 15) is 4.79 Å². The molecule has 138 valence electrons. The van der Waals surface area contributed by atoms with E-state index in [-0.39, 0.29) is 12.3 Å². The molecule has 0 fully saturated rings. The van der Waals surface area contributed by atoms with E-state index in [1.54, 1.807) is 0 Å². The quantitative estimate of drug-likeness (QED) is 0.621. The van der Waals surface area contributed by atoms with Crippen molar-refractivity contribution in [2.75, 3.05) is 6.61 Å². The molecule has 0 aliphatic carbocycles. The van der Waals surface area contributed by atoms with Crippen LogP contribution in [0.1, 0.15) is 29.7 Å². The molecule has 0 aliphatic rings. The van der Waals surface area contributed by atoms with Gasteiger partial charge >= 0.3 is 0 Å². The van der Waals surface area contributed by atoms with Crippen molar-refractivity contribution in [3.8, 4) is 11.8 Å². The van der Waals surface area contributed by atoms with Gasteiger partial charge in [0, 0.05) is 29.6 Å². The highest BCUT2D eigenvalue weighted by Gasteiger charge is 2.16. The molecule has 0 radical (unpaired) electrons. The predicted octanol–water partition coefficient (Wildman–Crippen LogP) is 3.71. The molecule has 27 heavy (non-hydrogen) atoms. The highest BCUT2D eigenvalue weighted by atomic mass is 16.5. The number of hydrogen-bond donors (Lipinski definition) is 1. The average molecular weight is 361 g/mol. The standard InChI is InChI=1S/C22H23N3O2/c1-16-19(14-22(24)26)20-13-18(27-12-6-5-11-23)9-10-21(20)25(16)15-17-7-3-2-4-8-17/h2-4,7-10,13H,5-6,12,14-15H2,1H3,(H2,24,26). The monoisotopic (exact) mass is 361 g/mol. The van der Waals surface area contributed by atoms with Crippen LogP contribution in [0.4, 0.5) is 0 Å². The number of nitriles is 1. The molecule has 3 aromatic rings. The summed E-state index contributed by atoms with van der Waals surface area (Å²) in [5.74, 6) is 0.389. The molecule has 5 heteroatoms. The first kappa shape index (κ1) is 18.5. The van der Waals surface area contributed by atoms with E-state index < -0.39 is 0 Å². The van der Waals surface area contributed by atoms with E-state index in [0.717, 1.165) is 34.5 Å². The highest BCUT2D eigenvalue weighted by Crippen LogP contribution is 2.30. The number of carbonyl (C=O) groups excluding carboxylic acids is 1. The van der Waals surface area contributed by atoms with Gasteiger partial charge in [0.05, 0.1) is 19.1 Å². The van der Waals surface area contributed by atoms with Crippen LogP contribution in [0.3, 0.4) is 0 Å². The number of nitrogens with zero attached hydrogens (tertiary/aromatic N) is 2. The minimum absolute atomic E-state index is 0.196. The SMILES string of the molecule is Cc1c(CC(N)=O)c2cc(OCCCC#N)ccc2n1Cc1ccccc1. The average Bonchev–Trinajstić information content (AvgIpc) is 2.91. The number of ether oxygens (including phenoxy) is 1. The molecule has 3 rings (SSSR count). The molecule has 0 spiro atoms. The summed E-state index contributed by atoms with van der Waals surface area (Å²) in [5.41, 5.74) is 9.71. The Hall–Kier alpha value is -3.26. The number of nitrogens with two attached hydrogens (primary N) is 1. The van der Waals surface area contributed by atoms with Crippen LogP contribution in [0.2, 0.25) is 0 Å². The number of rotatable bonds is 8. The maximum absolute atomic E-state index is 11.6. The number of fused-ring (bicyclic) bond motifs is 1. The maximum atomic E-state index is 11.6. The zero-order valence-corrected chi connectivity index (χ0v) is 15.4. The van der Waals surface area contributed by atoms with E-state index in [2.05, 4.69) is 22.8 Å². The fourth-order valence-electron chi connectivity index (χ4n) is 3.33. The van der Waals surface area contributed by atoms with Crippen molar-refractivity contribution in [3.63, 3.8) is 0 Å². The first-order valence-corrected chi connectivity index (χ1v) is 9.04. The van der Waals surface area contributed by atoms with Crippen LogP contribution < -0.4 is 10.5 Å². The molecular formula is C22H23N3O2. The van der Waals surface area contributed by atoms with E-state index in [4.69, 9.17) is 15.7 Å². The number of benzene rings is 2. The van der Waals surface area contributed by atoms with E-state index in [0.29, 0.717) is 19.4 Å². The number of aromatic nitrogens is 1. The Balaban J connectivity index is 1.99. The molecule has 0 unspecified atom stereocenters. The largest absolute Gasteiger partial charge is 0.494 e. The smallest absolute Gasteiger partial charge is 0.221 e. The van der Waals surface area contributed by atoms with Gasteiger partial charge in [-0.1, -0.05) is 30.3 Å². The number of carbonyl (C=O) groups is 1. The van der Waals surface area contributed by atoms with E-state index in [1.807, 2.05) is 43.3 Å². The predicted molar refractivity (Wildman–Crippen MR) is 105 cm³/mol. The van der Waals surface area contributed by atoms with Gasteiger partial charge in [-0.05, 0) is 42.7 Å². The van der Waals surface area contributed by atoms with Gasteiger partial charge in [0.2, 0.25) is 5.91 Å². The van der Waals surface area contributed by atoms with Crippen LogP contribution >= 0.6 is 0 Å². The minimum atomic E-state index is -0.350. The normalized spacial score (nSPS) is 10.7. The van der Waals surface area contributed by atoms with Crippen molar-refractivity contribution >= 4 is 16.8 Å². The summed E-state index contributed by atoms with van der Waals surface area (Å²) in [6, 6.07) is 18.3. The van der Waals surface area contributed by atoms with Crippen LogP contribution in [0, 0.1) is 18.3 Å². The molecule has 2 aromatic carbocycles. The highest BCUT2D eigenvalue weighted by molar-refractivity contribution is 5.91. The molecule has 0 aliphatic heterocycles. The topological polar surface area (TPSA) is 81.0 Å². The Kier molecular flexibility index (Phi) is 5.77. The van der Waals surface area contributed by atoms with E-state index in [1.165, 1.54) is 5.56 Å². The fourth-order valence-corrected chi connectivity index (χ4v) is 3.33. The molecule has 0 bridgehead atoms. The Labute approximate surface area is 159 Å². The Bertz CT molecular complexity index is 984. The minimum Gasteiger partial charge on any atom is -0.494 e. The number of amides is 1. The second kappa shape index (κ2) is 8.41. The maximum Gasteiger partial charge on any atom is 0.221 e. The van der Waals surface area contributed by atoms with Crippen LogP contribution in [0.5, 0.6) is 5.75 Å². The Morgan fingerprint density at radius 1 is 1.22 bits per heavy atom. The second-order valence-electron chi connectivity index (χ2n) is 6.57. The number of unbranched alkanes of at least 4 members (excludes halogenated alkanes) is 1. The lowest BCUT2D eigenvalue weighted by molar-refractivity contribution is -0.117. The van der Waals surface area contributed by atoms with Gasteiger partial charge in [0.1, 0.15) is 5.75 Å². The molecule has 0 saturated heterocycles. The van der Waals surface area contributed by atoms with Crippen molar-refractivity contribution < 1.29 is 9.53 Å². The molecule has 1 amide bonds. The lowest BCUT2D eigenvalue weighted by Crippen LogP contribution is -2.14. The second-order valence-corrected chi connectivity index (χ2v) is 6.57. The first-order valence-electron chi connectivity index (χ1n) is 9.04. The summed E-state index contributed by atoms with van der Waals surface area (Å²) >= 11 is 0. The Morgan fingerprint density at radius 3 is 2.70 bits per heavy atom. The van der Waals surface area contributed by atoms with Crippen LogP contribution in [0.25, 0.3) is 10.9 Å². The zero-order valence-electron chi connectivity index (χ0n) is 15.4. The molecule has 1 heterocycles. The molecule has 0 atom stereocenters. The van der Waals surface area contributed by atoms with Gasteiger partial charge in [0.25, 0.3) is 0 Å². The van der Waals surface area contributed by atoms with E-state index >= 15 is 0 Å². The summed E-state index contributed by atoms with van der Waals surface area (Å²) in [4.78, 5) is 11.6. The van der Waals surface area contributed by atoms with Crippen LogP contribution in [0.15, 0.2) is 48.5 Å². The molecular weight excluding hydrogens is 338 g/mol. The third-order valence-electron chi connectivity index (χ3n) is 4.66. The molecule has 0 saturated carbocycles. The van der Waals surface area contributed by atoms with Crippen molar-refractivity contribution in [1.82, 2.24) is 4.57 Å². The van der Waals surface area contributed by atoms with Crippen molar-refractivity contribution in [1.29, 1.82) is 5.26 Å². The first-order chi connectivity index (χ1) is 13.1. The summed E-state index contributed by atoms with van der Waals surface area (Å²) in [7, 11) is 0. The van der Waals surface area contributed by atoms with Crippen molar-refractivity contribution in [3.05, 3.63) is 65.4 Å². The van der Waals surface area contributed by atoms with Gasteiger partial charge in [0.15, 0.2) is 0 Å². The van der Waals surface area contributed by atoms with Crippen LogP contribution in [-0.4, -0.2) is 17.1 Å². The van der Waals surface area contributed by atoms with Gasteiger partial charge in [-0.25, -0.2) is 0 Å². The number of hydrogen-bond acceptors (Lipinski definition) is 3. The van der Waals surface area contributed by atoms with Gasteiger partial charge < -0.3 is 15.0 Å². The third kappa shape index (κ3) is 4.29. The molecule has 1 aromatic heterocycles. The summed E-state index contributed by atoms with van der Waals surface area (Å²) in [6.07, 6.45) is 1.36. The molecule has 5 nitrogen and oxygen atoms in total. The third-order valence-corrected chi connectivity index (χ3v) is 4.66. The lowest BCUT2D eigenvalue weighted by atomic mass is 10.1. The fraction of sp³-hybridized carbons (Fsp3) is 0.273. The van der Waals surface area contributed by atoms with Crippen LogP contribution in [-0.2, 0) is 17.8 Å². The summed E-state index contributed by atoms with van der Waals surface area (Å²) < 4.78 is 7.98. The van der Waals surface area contributed by atoms with Gasteiger partial charge in [-0.2, -0.15) is 5.26 Å². The van der Waals surface area contributed by atoms with Crippen molar-refractivity contribution in [2.24, 2.45) is 5.73 Å². The summed E-state index contributed by atoms with van der Waals surface area (Å²) in [6.45, 7) is 3.24. The zero-order chi connectivity index (χ0) is 19.2. The number of primary amides is 1. The molecule has 2 N–H and O–H groups in total. The lowest BCUT2D eigenvalue weighted by Gasteiger charge is -2.09. The van der Waals surface area contributed by atoms with Gasteiger partial charge in [-0.3, -0.25) is 4.79 Å².